The Bertz CT molecular complexity index is 513. The quantitative estimate of drug-likeness (QED) is 0.407. The van der Waals surface area contributed by atoms with Crippen LogP contribution in [0.3, 0.4) is 0 Å². The lowest BCUT2D eigenvalue weighted by Crippen LogP contribution is -2.46. The van der Waals surface area contributed by atoms with E-state index < -0.39 is 0 Å². The molecule has 1 heterocycles. The fourth-order valence-corrected chi connectivity index (χ4v) is 3.08. The summed E-state index contributed by atoms with van der Waals surface area (Å²) < 4.78 is 10.9. The van der Waals surface area contributed by atoms with Gasteiger partial charge in [0.15, 0.2) is 5.96 Å². The molecular weight excluding hydrogens is 316 g/mol. The highest BCUT2D eigenvalue weighted by Gasteiger charge is 2.20. The molecule has 2 N–H and O–H groups in total. The van der Waals surface area contributed by atoms with Crippen molar-refractivity contribution >= 4 is 5.96 Å². The van der Waals surface area contributed by atoms with E-state index in [9.17, 15) is 0 Å². The molecule has 0 saturated carbocycles. The summed E-state index contributed by atoms with van der Waals surface area (Å²) in [4.78, 5) is 6.87. The van der Waals surface area contributed by atoms with Crippen molar-refractivity contribution in [2.45, 2.75) is 32.2 Å². The van der Waals surface area contributed by atoms with Gasteiger partial charge in [-0.15, -0.1) is 0 Å². The molecule has 0 radical (unpaired) electrons. The van der Waals surface area contributed by atoms with E-state index in [1.54, 1.807) is 14.2 Å². The van der Waals surface area contributed by atoms with Crippen molar-refractivity contribution in [3.05, 3.63) is 24.3 Å². The van der Waals surface area contributed by atoms with E-state index in [4.69, 9.17) is 9.47 Å². The highest BCUT2D eigenvalue weighted by Crippen LogP contribution is 2.16. The lowest BCUT2D eigenvalue weighted by Gasteiger charge is -2.27. The largest absolute Gasteiger partial charge is 0.497 e. The molecule has 1 fully saturated rings. The van der Waals surface area contributed by atoms with Crippen molar-refractivity contribution < 1.29 is 9.47 Å². The minimum Gasteiger partial charge on any atom is -0.497 e. The van der Waals surface area contributed by atoms with Gasteiger partial charge in [0.2, 0.25) is 0 Å². The molecule has 1 aromatic carbocycles. The maximum atomic E-state index is 5.72. The topological polar surface area (TPSA) is 58.1 Å². The van der Waals surface area contributed by atoms with Crippen molar-refractivity contribution in [2.24, 2.45) is 4.99 Å². The van der Waals surface area contributed by atoms with Crippen LogP contribution in [0, 0.1) is 0 Å². The second-order valence-electron chi connectivity index (χ2n) is 6.21. The number of benzene rings is 1. The van der Waals surface area contributed by atoms with Gasteiger partial charge in [0.05, 0.1) is 13.7 Å². The minimum atomic E-state index is 0.580. The Kier molecular flexibility index (Phi) is 8.39. The highest BCUT2D eigenvalue weighted by molar-refractivity contribution is 5.79. The first-order valence-corrected chi connectivity index (χ1v) is 9.22. The fraction of sp³-hybridized carbons (Fsp3) is 0.632. The van der Waals surface area contributed by atoms with Crippen molar-refractivity contribution in [1.29, 1.82) is 0 Å². The van der Waals surface area contributed by atoms with Gasteiger partial charge in [-0.1, -0.05) is 6.92 Å². The number of ether oxygens (including phenoxy) is 2. The van der Waals surface area contributed by atoms with Crippen LogP contribution in [0.25, 0.3) is 0 Å². The second-order valence-corrected chi connectivity index (χ2v) is 6.21. The monoisotopic (exact) mass is 348 g/mol. The van der Waals surface area contributed by atoms with Gasteiger partial charge in [0, 0.05) is 19.6 Å². The molecule has 0 aromatic heterocycles. The van der Waals surface area contributed by atoms with Gasteiger partial charge < -0.3 is 20.1 Å². The Balaban J connectivity index is 1.65. The number of methoxy groups -OCH3 is 1. The molecule has 0 aliphatic carbocycles. The number of aliphatic imine (C=N–C) groups is 1. The van der Waals surface area contributed by atoms with Crippen molar-refractivity contribution in [3.63, 3.8) is 0 Å². The van der Waals surface area contributed by atoms with Crippen molar-refractivity contribution in [2.75, 3.05) is 46.9 Å². The summed E-state index contributed by atoms with van der Waals surface area (Å²) in [6, 6.07) is 8.19. The van der Waals surface area contributed by atoms with E-state index in [1.807, 2.05) is 24.3 Å². The molecule has 6 nitrogen and oxygen atoms in total. The molecule has 0 bridgehead atoms. The molecule has 25 heavy (non-hydrogen) atoms. The van der Waals surface area contributed by atoms with E-state index in [2.05, 4.69) is 27.4 Å². The summed E-state index contributed by atoms with van der Waals surface area (Å²) in [5, 5.41) is 6.74. The molecule has 140 valence electrons. The summed E-state index contributed by atoms with van der Waals surface area (Å²) in [7, 11) is 3.46. The first-order valence-electron chi connectivity index (χ1n) is 9.22. The zero-order valence-electron chi connectivity index (χ0n) is 15.8. The van der Waals surface area contributed by atoms with Crippen LogP contribution in [0.2, 0.25) is 0 Å². The maximum Gasteiger partial charge on any atom is 0.191 e. The van der Waals surface area contributed by atoms with Gasteiger partial charge in [-0.3, -0.25) is 9.89 Å². The minimum absolute atomic E-state index is 0.580. The van der Waals surface area contributed by atoms with E-state index >= 15 is 0 Å². The lowest BCUT2D eigenvalue weighted by atomic mass is 10.2. The van der Waals surface area contributed by atoms with Crippen LogP contribution >= 0.6 is 0 Å². The smallest absolute Gasteiger partial charge is 0.191 e. The Morgan fingerprint density at radius 2 is 1.84 bits per heavy atom. The van der Waals surface area contributed by atoms with Crippen LogP contribution in [0.15, 0.2) is 29.3 Å². The van der Waals surface area contributed by atoms with Crippen molar-refractivity contribution in [1.82, 2.24) is 15.5 Å². The van der Waals surface area contributed by atoms with Gasteiger partial charge >= 0.3 is 0 Å². The zero-order chi connectivity index (χ0) is 17.9. The average Bonchev–Trinajstić information content (AvgIpc) is 3.19. The number of hydrogen-bond donors (Lipinski definition) is 2. The first-order chi connectivity index (χ1) is 12.3. The Morgan fingerprint density at radius 1 is 1.16 bits per heavy atom. The van der Waals surface area contributed by atoms with Gasteiger partial charge in [-0.25, -0.2) is 0 Å². The number of rotatable bonds is 9. The summed E-state index contributed by atoms with van der Waals surface area (Å²) in [5.41, 5.74) is 0. The molecule has 1 aliphatic rings. The van der Waals surface area contributed by atoms with Gasteiger partial charge in [-0.05, 0) is 56.6 Å². The zero-order valence-corrected chi connectivity index (χ0v) is 15.8. The first kappa shape index (κ1) is 19.4. The predicted molar refractivity (Wildman–Crippen MR) is 103 cm³/mol. The Morgan fingerprint density at radius 3 is 2.44 bits per heavy atom. The van der Waals surface area contributed by atoms with Crippen LogP contribution in [-0.2, 0) is 0 Å². The van der Waals surface area contributed by atoms with E-state index in [0.717, 1.165) is 30.4 Å². The predicted octanol–water partition coefficient (Wildman–Crippen LogP) is 2.11. The Labute approximate surface area is 151 Å². The van der Waals surface area contributed by atoms with Crippen LogP contribution in [0.4, 0.5) is 0 Å². The fourth-order valence-electron chi connectivity index (χ4n) is 3.08. The molecule has 1 unspecified atom stereocenters. The standard InChI is InChI=1S/C19H32N4O2/c1-4-16(23-12-5-6-13-23)15-22-19(20-2)21-11-14-25-18-9-7-17(24-3)8-10-18/h7-10,16H,4-6,11-15H2,1-3H3,(H2,20,21,22). The second kappa shape index (κ2) is 10.8. The third kappa shape index (κ3) is 6.46. The number of nitrogens with one attached hydrogen (secondary N) is 2. The molecule has 0 amide bonds. The number of guanidine groups is 1. The molecule has 0 spiro atoms. The average molecular weight is 348 g/mol. The third-order valence-corrected chi connectivity index (χ3v) is 4.58. The van der Waals surface area contributed by atoms with Crippen LogP contribution in [0.1, 0.15) is 26.2 Å². The number of likely N-dealkylation sites (tertiary alicyclic amines) is 1. The highest BCUT2D eigenvalue weighted by atomic mass is 16.5. The van der Waals surface area contributed by atoms with Gasteiger partial charge in [0.25, 0.3) is 0 Å². The molecule has 1 saturated heterocycles. The van der Waals surface area contributed by atoms with E-state index in [0.29, 0.717) is 19.2 Å². The van der Waals surface area contributed by atoms with Crippen molar-refractivity contribution in [3.8, 4) is 11.5 Å². The Hall–Kier alpha value is -1.95. The summed E-state index contributed by atoms with van der Waals surface area (Å²) in [6.07, 6.45) is 3.81. The van der Waals surface area contributed by atoms with Crippen LogP contribution in [-0.4, -0.2) is 63.8 Å². The van der Waals surface area contributed by atoms with Gasteiger partial charge in [-0.2, -0.15) is 0 Å². The summed E-state index contributed by atoms with van der Waals surface area (Å²) >= 11 is 0. The normalized spacial score (nSPS) is 16.5. The summed E-state index contributed by atoms with van der Waals surface area (Å²) in [5.74, 6) is 2.50. The van der Waals surface area contributed by atoms with E-state index in [-0.39, 0.29) is 0 Å². The molecule has 2 rings (SSSR count). The maximum absolute atomic E-state index is 5.72. The van der Waals surface area contributed by atoms with Crippen LogP contribution < -0.4 is 20.1 Å². The number of nitrogens with zero attached hydrogens (tertiary/aromatic N) is 2. The third-order valence-electron chi connectivity index (χ3n) is 4.58. The molecular formula is C19H32N4O2. The molecule has 1 aliphatic heterocycles. The molecule has 6 heteroatoms. The van der Waals surface area contributed by atoms with Gasteiger partial charge in [0.1, 0.15) is 18.1 Å². The number of hydrogen-bond acceptors (Lipinski definition) is 4. The SMILES string of the molecule is CCC(CNC(=NC)NCCOc1ccc(OC)cc1)N1CCCC1. The lowest BCUT2D eigenvalue weighted by molar-refractivity contribution is 0.236. The van der Waals surface area contributed by atoms with E-state index in [1.165, 1.54) is 25.9 Å². The molecule has 1 atom stereocenters. The molecule has 1 aromatic rings. The summed E-state index contributed by atoms with van der Waals surface area (Å²) in [6.45, 7) is 6.91. The van der Waals surface area contributed by atoms with Crippen LogP contribution in [0.5, 0.6) is 11.5 Å².